The smallest absolute Gasteiger partial charge is 0.411 e. The summed E-state index contributed by atoms with van der Waals surface area (Å²) in [6, 6.07) is 1.83. The average Bonchev–Trinajstić information content (AvgIpc) is 3.69. The van der Waals surface area contributed by atoms with Gasteiger partial charge in [-0.1, -0.05) is 70.6 Å². The van der Waals surface area contributed by atoms with E-state index in [-0.39, 0.29) is 17.6 Å². The molecule has 7 heteroatoms. The van der Waals surface area contributed by atoms with Crippen molar-refractivity contribution in [2.45, 2.75) is 110 Å². The van der Waals surface area contributed by atoms with Crippen molar-refractivity contribution in [3.8, 4) is 11.5 Å². The SMILES string of the molecule is CCOC(=O)Nc1c(CCCCCCCCCCCCCCC2(C=O)CC2)cc(OC)c(OC)c1C=O. The van der Waals surface area contributed by atoms with E-state index in [0.29, 0.717) is 23.5 Å². The van der Waals surface area contributed by atoms with E-state index in [1.165, 1.54) is 84.7 Å². The van der Waals surface area contributed by atoms with Crippen LogP contribution in [0.25, 0.3) is 0 Å². The van der Waals surface area contributed by atoms with Gasteiger partial charge in [0.2, 0.25) is 0 Å². The molecule has 7 nitrogen and oxygen atoms in total. The highest BCUT2D eigenvalue weighted by Crippen LogP contribution is 2.47. The third-order valence-corrected chi connectivity index (χ3v) is 7.42. The molecule has 0 saturated heterocycles. The molecule has 1 aliphatic rings. The van der Waals surface area contributed by atoms with Crippen LogP contribution in [-0.4, -0.2) is 39.5 Å². The molecule has 1 amide bonds. The second-order valence-corrected chi connectivity index (χ2v) is 10.2. The maximum Gasteiger partial charge on any atom is 0.411 e. The van der Waals surface area contributed by atoms with Crippen LogP contribution in [0.3, 0.4) is 0 Å². The standard InChI is InChI=1S/C30H47NO6/c1-4-37-29(34)31-27-24(21-26(35-2)28(36-3)25(27)22-32)17-15-13-11-9-7-5-6-8-10-12-14-16-18-30(23-33)19-20-30/h21-23H,4-20H2,1-3H3,(H,31,34). The molecule has 0 heterocycles. The summed E-state index contributed by atoms with van der Waals surface area (Å²) < 4.78 is 15.8. The molecule has 1 saturated carbocycles. The lowest BCUT2D eigenvalue weighted by Gasteiger charge is -2.18. The Balaban J connectivity index is 1.65. The number of benzene rings is 1. The second kappa shape index (κ2) is 17.0. The number of carbonyl (C=O) groups is 3. The first-order chi connectivity index (χ1) is 18.0. The van der Waals surface area contributed by atoms with E-state index < -0.39 is 6.09 Å². The lowest BCUT2D eigenvalue weighted by atomic mass is 9.98. The third kappa shape index (κ3) is 10.4. The van der Waals surface area contributed by atoms with Crippen LogP contribution in [0.1, 0.15) is 119 Å². The molecular weight excluding hydrogens is 470 g/mol. The van der Waals surface area contributed by atoms with Crippen LogP contribution in [0.15, 0.2) is 6.07 Å². The van der Waals surface area contributed by atoms with Crippen molar-refractivity contribution in [1.82, 2.24) is 0 Å². The summed E-state index contributed by atoms with van der Waals surface area (Å²) in [5.41, 5.74) is 1.62. The third-order valence-electron chi connectivity index (χ3n) is 7.42. The van der Waals surface area contributed by atoms with Gasteiger partial charge < -0.3 is 19.0 Å². The number of hydrogen-bond acceptors (Lipinski definition) is 6. The van der Waals surface area contributed by atoms with Crippen molar-refractivity contribution in [1.29, 1.82) is 0 Å². The first kappa shape index (κ1) is 30.7. The van der Waals surface area contributed by atoms with Crippen molar-refractivity contribution >= 4 is 24.4 Å². The molecule has 0 aliphatic heterocycles. The zero-order chi connectivity index (χ0) is 26.9. The number of methoxy groups -OCH3 is 2. The van der Waals surface area contributed by atoms with Gasteiger partial charge in [-0.3, -0.25) is 10.1 Å². The molecule has 37 heavy (non-hydrogen) atoms. The number of hydrogen-bond donors (Lipinski definition) is 1. The number of aldehydes is 2. The fourth-order valence-corrected chi connectivity index (χ4v) is 4.95. The van der Waals surface area contributed by atoms with Gasteiger partial charge in [0.25, 0.3) is 0 Å². The Morgan fingerprint density at radius 3 is 1.92 bits per heavy atom. The minimum absolute atomic E-state index is 0.0851. The van der Waals surface area contributed by atoms with E-state index in [1.807, 2.05) is 6.07 Å². The number of carbonyl (C=O) groups excluding carboxylic acids is 3. The topological polar surface area (TPSA) is 90.9 Å². The van der Waals surface area contributed by atoms with Gasteiger partial charge in [0, 0.05) is 5.41 Å². The van der Waals surface area contributed by atoms with Gasteiger partial charge in [-0.05, 0) is 50.7 Å². The van der Waals surface area contributed by atoms with Crippen LogP contribution in [0.5, 0.6) is 11.5 Å². The van der Waals surface area contributed by atoms with Crippen LogP contribution in [0.2, 0.25) is 0 Å². The Morgan fingerprint density at radius 2 is 1.46 bits per heavy atom. The molecule has 2 rings (SSSR count). The lowest BCUT2D eigenvalue weighted by molar-refractivity contribution is -0.112. The van der Waals surface area contributed by atoms with E-state index in [1.54, 1.807) is 6.92 Å². The van der Waals surface area contributed by atoms with Gasteiger partial charge >= 0.3 is 6.09 Å². The molecule has 1 aromatic carbocycles. The maximum atomic E-state index is 12.1. The Labute approximate surface area is 223 Å². The Hall–Kier alpha value is -2.57. The fourth-order valence-electron chi connectivity index (χ4n) is 4.95. The van der Waals surface area contributed by atoms with Gasteiger partial charge in [-0.25, -0.2) is 4.79 Å². The summed E-state index contributed by atoms with van der Waals surface area (Å²) in [5.74, 6) is 0.777. The number of amides is 1. The van der Waals surface area contributed by atoms with E-state index in [2.05, 4.69) is 5.32 Å². The molecule has 208 valence electrons. The van der Waals surface area contributed by atoms with Crippen LogP contribution in [-0.2, 0) is 16.0 Å². The van der Waals surface area contributed by atoms with E-state index in [9.17, 15) is 14.4 Å². The van der Waals surface area contributed by atoms with Gasteiger partial charge in [0.1, 0.15) is 6.29 Å². The predicted molar refractivity (Wildman–Crippen MR) is 147 cm³/mol. The number of rotatable bonds is 21. The van der Waals surface area contributed by atoms with Crippen molar-refractivity contribution in [2.75, 3.05) is 26.1 Å². The molecule has 0 aromatic heterocycles. The highest BCUT2D eigenvalue weighted by Gasteiger charge is 2.41. The maximum absolute atomic E-state index is 12.1. The van der Waals surface area contributed by atoms with Crippen molar-refractivity contribution < 1.29 is 28.6 Å². The largest absolute Gasteiger partial charge is 0.493 e. The molecule has 0 atom stereocenters. The van der Waals surface area contributed by atoms with Crippen molar-refractivity contribution in [3.05, 3.63) is 17.2 Å². The number of anilines is 1. The molecule has 0 radical (unpaired) electrons. The Kier molecular flexibility index (Phi) is 14.1. The van der Waals surface area contributed by atoms with Crippen LogP contribution < -0.4 is 14.8 Å². The second-order valence-electron chi connectivity index (χ2n) is 10.2. The van der Waals surface area contributed by atoms with Gasteiger partial charge in [-0.2, -0.15) is 0 Å². The molecule has 1 fully saturated rings. The first-order valence-electron chi connectivity index (χ1n) is 14.2. The van der Waals surface area contributed by atoms with E-state index >= 15 is 0 Å². The summed E-state index contributed by atoms with van der Waals surface area (Å²) >= 11 is 0. The van der Waals surface area contributed by atoms with Gasteiger partial charge in [0.15, 0.2) is 17.8 Å². The lowest BCUT2D eigenvalue weighted by Crippen LogP contribution is -2.17. The quantitative estimate of drug-likeness (QED) is 0.133. The molecule has 0 unspecified atom stereocenters. The minimum Gasteiger partial charge on any atom is -0.493 e. The first-order valence-corrected chi connectivity index (χ1v) is 14.2. The summed E-state index contributed by atoms with van der Waals surface area (Å²) in [7, 11) is 3.01. The molecule has 0 spiro atoms. The van der Waals surface area contributed by atoms with Crippen LogP contribution in [0.4, 0.5) is 10.5 Å². The van der Waals surface area contributed by atoms with E-state index in [4.69, 9.17) is 14.2 Å². The van der Waals surface area contributed by atoms with Crippen molar-refractivity contribution in [3.63, 3.8) is 0 Å². The van der Waals surface area contributed by atoms with Gasteiger partial charge in [-0.15, -0.1) is 0 Å². The molecule has 1 aliphatic carbocycles. The Morgan fingerprint density at radius 1 is 0.892 bits per heavy atom. The minimum atomic E-state index is -0.594. The summed E-state index contributed by atoms with van der Waals surface area (Å²) in [4.78, 5) is 35.0. The molecule has 0 bridgehead atoms. The average molecular weight is 518 g/mol. The number of nitrogens with one attached hydrogen (secondary N) is 1. The monoisotopic (exact) mass is 517 g/mol. The predicted octanol–water partition coefficient (Wildman–Crippen LogP) is 7.68. The summed E-state index contributed by atoms with van der Waals surface area (Å²) in [5, 5.41) is 2.72. The normalized spacial score (nSPS) is 13.6. The number of ether oxygens (including phenoxy) is 3. The molecule has 1 N–H and O–H groups in total. The number of unbranched alkanes of at least 4 members (excludes halogenated alkanes) is 11. The van der Waals surface area contributed by atoms with Crippen molar-refractivity contribution in [2.24, 2.45) is 5.41 Å². The van der Waals surface area contributed by atoms with Crippen LogP contribution in [0, 0.1) is 5.41 Å². The van der Waals surface area contributed by atoms with E-state index in [0.717, 1.165) is 44.1 Å². The highest BCUT2D eigenvalue weighted by molar-refractivity contribution is 5.97. The zero-order valence-electron chi connectivity index (χ0n) is 23.2. The fraction of sp³-hybridized carbons (Fsp3) is 0.700. The van der Waals surface area contributed by atoms with Gasteiger partial charge in [0.05, 0.1) is 32.1 Å². The zero-order valence-corrected chi connectivity index (χ0v) is 23.2. The molecular formula is C30H47NO6. The van der Waals surface area contributed by atoms with Crippen LogP contribution >= 0.6 is 0 Å². The number of aryl methyl sites for hydroxylation is 1. The highest BCUT2D eigenvalue weighted by atomic mass is 16.5. The molecule has 1 aromatic rings. The Bertz CT molecular complexity index is 849. The summed E-state index contributed by atoms with van der Waals surface area (Å²) in [6.07, 6.45) is 20.0. The summed E-state index contributed by atoms with van der Waals surface area (Å²) in [6.45, 7) is 1.98.